The first-order valence-corrected chi connectivity index (χ1v) is 18.7. The zero-order chi connectivity index (χ0) is 33.7. The molecule has 11 nitrogen and oxygen atoms in total. The van der Waals surface area contributed by atoms with E-state index in [9.17, 15) is 14.4 Å². The number of epoxide rings is 1. The van der Waals surface area contributed by atoms with Crippen molar-refractivity contribution in [2.24, 2.45) is 29.4 Å². The maximum absolute atomic E-state index is 14.3. The minimum absolute atomic E-state index is 0.0734. The summed E-state index contributed by atoms with van der Waals surface area (Å²) in [5, 5.41) is 11.8. The molecule has 2 saturated carbocycles. The number of hydrogen-bond donors (Lipinski definition) is 6. The van der Waals surface area contributed by atoms with E-state index >= 15 is 0 Å². The second-order valence-corrected chi connectivity index (χ2v) is 15.2. The number of nitrogens with one attached hydrogen (secondary N) is 3. The molecule has 5 fully saturated rings. The molecule has 0 aromatic heterocycles. The minimum atomic E-state index is -1.82. The number of carbonyl (C=O) groups excluding carboxylic acids is 3. The normalized spacial score (nSPS) is 37.2. The summed E-state index contributed by atoms with van der Waals surface area (Å²) in [6.45, 7) is 10.3. The van der Waals surface area contributed by atoms with E-state index in [4.69, 9.17) is 15.2 Å². The third-order valence-electron chi connectivity index (χ3n) is 11.9. The first-order chi connectivity index (χ1) is 22.7. The predicted octanol–water partition coefficient (Wildman–Crippen LogP) is -0.852. The van der Waals surface area contributed by atoms with Crippen LogP contribution in [0.4, 0.5) is 0 Å². The molecule has 8 atom stereocenters. The number of unbranched alkanes of at least 4 members (excludes halogenated alkanes) is 1. The van der Waals surface area contributed by atoms with Crippen LogP contribution in [0.2, 0.25) is 0 Å². The summed E-state index contributed by atoms with van der Waals surface area (Å²) in [6, 6.07) is 0. The lowest BCUT2D eigenvalue weighted by molar-refractivity contribution is -0.699. The number of nitrogens with two attached hydrogens (primary N) is 3. The molecular formula is C36H63N6O5+3. The predicted molar refractivity (Wildman–Crippen MR) is 179 cm³/mol. The smallest absolute Gasteiger partial charge is 0.350 e. The second-order valence-electron chi connectivity index (χ2n) is 15.2. The van der Waals surface area contributed by atoms with Crippen LogP contribution in [0.3, 0.4) is 0 Å². The van der Waals surface area contributed by atoms with Gasteiger partial charge in [-0.1, -0.05) is 44.3 Å². The van der Waals surface area contributed by atoms with Crippen molar-refractivity contribution >= 4 is 23.5 Å². The van der Waals surface area contributed by atoms with Gasteiger partial charge < -0.3 is 20.1 Å². The molecule has 0 radical (unpaired) electrons. The number of ether oxygens (including phenoxy) is 2. The Labute approximate surface area is 281 Å². The van der Waals surface area contributed by atoms with Crippen LogP contribution in [0.1, 0.15) is 104 Å². The van der Waals surface area contributed by atoms with Crippen molar-refractivity contribution in [3.63, 3.8) is 0 Å². The lowest BCUT2D eigenvalue weighted by atomic mass is 9.61. The molecule has 5 aliphatic rings. The van der Waals surface area contributed by atoms with Gasteiger partial charge in [0, 0.05) is 49.4 Å². The molecule has 47 heavy (non-hydrogen) atoms. The molecule has 0 aromatic carbocycles. The number of carbonyl (C=O) groups is 3. The summed E-state index contributed by atoms with van der Waals surface area (Å²) in [5.41, 5.74) is 4.08. The molecule has 0 aromatic rings. The summed E-state index contributed by atoms with van der Waals surface area (Å²) in [5.74, 6) is -0.282. The lowest BCUT2D eigenvalue weighted by Gasteiger charge is -2.41. The Morgan fingerprint density at radius 2 is 1.96 bits per heavy atom. The SMILES string of the molecule is CCCCC(C[NH2+]CC)COC(=O)C12OC1(CC=C(C)CC1(C3CC[NH2+]C(N)C3)CCCNC(=[NH+]C)N1)C(=O)C1CCCCC1C2=O. The Kier molecular flexibility index (Phi) is 11.8. The maximum Gasteiger partial charge on any atom is 0.350 e. The van der Waals surface area contributed by atoms with Gasteiger partial charge in [-0.05, 0) is 46.0 Å². The summed E-state index contributed by atoms with van der Waals surface area (Å²) in [4.78, 5) is 45.8. The topological polar surface area (TPSA) is 170 Å². The number of guanidine groups is 1. The fourth-order valence-electron chi connectivity index (χ4n) is 9.23. The van der Waals surface area contributed by atoms with Crippen LogP contribution in [0.15, 0.2) is 11.6 Å². The van der Waals surface area contributed by atoms with Crippen LogP contribution in [0, 0.1) is 23.7 Å². The maximum atomic E-state index is 14.3. The van der Waals surface area contributed by atoms with Crippen molar-refractivity contribution in [1.82, 2.24) is 10.6 Å². The van der Waals surface area contributed by atoms with Crippen LogP contribution < -0.4 is 32.0 Å². The number of Topliss-reactive ketones (excluding diaryl/α,β-unsaturated/α-hetero) is 2. The first kappa shape index (κ1) is 36.0. The molecular weight excluding hydrogens is 596 g/mol. The number of ketones is 2. The van der Waals surface area contributed by atoms with Crippen LogP contribution in [-0.4, -0.2) is 86.2 Å². The Morgan fingerprint density at radius 1 is 1.19 bits per heavy atom. The molecule has 0 amide bonds. The molecule has 3 saturated heterocycles. The molecule has 8 unspecified atom stereocenters. The molecule has 9 N–H and O–H groups in total. The van der Waals surface area contributed by atoms with E-state index < -0.39 is 23.1 Å². The van der Waals surface area contributed by atoms with E-state index in [0.717, 1.165) is 102 Å². The van der Waals surface area contributed by atoms with Crippen molar-refractivity contribution in [2.45, 2.75) is 127 Å². The second kappa shape index (κ2) is 15.5. The number of piperidine rings is 1. The molecule has 264 valence electrons. The summed E-state index contributed by atoms with van der Waals surface area (Å²) >= 11 is 0. The molecule has 3 aliphatic heterocycles. The average molecular weight is 660 g/mol. The minimum Gasteiger partial charge on any atom is -0.463 e. The fourth-order valence-corrected chi connectivity index (χ4v) is 9.23. The Bertz CT molecular complexity index is 1200. The Morgan fingerprint density at radius 3 is 2.66 bits per heavy atom. The highest BCUT2D eigenvalue weighted by molar-refractivity contribution is 6.23. The number of hydrogen-bond acceptors (Lipinski definition) is 6. The Balaban J connectivity index is 1.39. The summed E-state index contributed by atoms with van der Waals surface area (Å²) in [7, 11) is 1.93. The van der Waals surface area contributed by atoms with Gasteiger partial charge in [0.2, 0.25) is 0 Å². The van der Waals surface area contributed by atoms with Gasteiger partial charge in [0.15, 0.2) is 17.2 Å². The highest BCUT2D eigenvalue weighted by atomic mass is 16.7. The zero-order valence-electron chi connectivity index (χ0n) is 29.5. The number of quaternary nitrogens is 2. The van der Waals surface area contributed by atoms with Crippen LogP contribution in [-0.2, 0) is 23.9 Å². The van der Waals surface area contributed by atoms with Gasteiger partial charge in [-0.25, -0.2) is 4.79 Å². The standard InChI is InChI=1S/C36H60N6O5/c1-5-7-11-25(22-39-6-2)23-46-32(45)36-31(44)28-13-9-8-12-27(28)30(43)35(36,47-36)17-14-24(3)21-34(26-15-19-40-29(37)20-26)16-10-18-41-33(38-4)42-34/h14,25-29,39-40H,5-13,15-23,37H2,1-4H3,(H2,38,41,42)/p+3. The molecule has 5 rings (SSSR count). The summed E-state index contributed by atoms with van der Waals surface area (Å²) < 4.78 is 12.2. The van der Waals surface area contributed by atoms with Gasteiger partial charge in [-0.3, -0.25) is 30.9 Å². The van der Waals surface area contributed by atoms with Gasteiger partial charge in [0.1, 0.15) is 6.17 Å². The van der Waals surface area contributed by atoms with E-state index in [1.54, 1.807) is 0 Å². The zero-order valence-corrected chi connectivity index (χ0v) is 29.5. The third-order valence-corrected chi connectivity index (χ3v) is 11.9. The van der Waals surface area contributed by atoms with Gasteiger partial charge in [0.25, 0.3) is 5.60 Å². The van der Waals surface area contributed by atoms with Crippen molar-refractivity contribution in [1.29, 1.82) is 0 Å². The van der Waals surface area contributed by atoms with Crippen molar-refractivity contribution in [2.75, 3.05) is 39.8 Å². The molecule has 2 aliphatic carbocycles. The lowest BCUT2D eigenvalue weighted by Crippen LogP contribution is -2.95. The van der Waals surface area contributed by atoms with Gasteiger partial charge in [0.05, 0.1) is 45.4 Å². The fraction of sp³-hybridized carbons (Fsp3) is 0.833. The molecule has 0 spiro atoms. The third kappa shape index (κ3) is 7.19. The molecule has 11 heteroatoms. The van der Waals surface area contributed by atoms with Crippen molar-refractivity contribution in [3.8, 4) is 0 Å². The number of esters is 1. The monoisotopic (exact) mass is 659 g/mol. The highest BCUT2D eigenvalue weighted by Crippen LogP contribution is 2.61. The van der Waals surface area contributed by atoms with E-state index in [-0.39, 0.29) is 48.1 Å². The first-order valence-electron chi connectivity index (χ1n) is 18.7. The van der Waals surface area contributed by atoms with Crippen LogP contribution in [0.25, 0.3) is 0 Å². The van der Waals surface area contributed by atoms with Gasteiger partial charge >= 0.3 is 11.9 Å². The van der Waals surface area contributed by atoms with Crippen LogP contribution in [0.5, 0.6) is 0 Å². The average Bonchev–Trinajstić information content (AvgIpc) is 3.83. The molecule has 0 bridgehead atoms. The van der Waals surface area contributed by atoms with E-state index in [0.29, 0.717) is 18.8 Å². The van der Waals surface area contributed by atoms with Crippen molar-refractivity contribution in [3.05, 3.63) is 11.6 Å². The quantitative estimate of drug-likeness (QED) is 0.0606. The number of fused-ring (bicyclic) bond motifs is 2. The Hall–Kier alpha value is -2.34. The van der Waals surface area contributed by atoms with Gasteiger partial charge in [-0.2, -0.15) is 0 Å². The summed E-state index contributed by atoms with van der Waals surface area (Å²) in [6.07, 6.45) is 13.3. The highest BCUT2D eigenvalue weighted by Gasteiger charge is 2.86. The largest absolute Gasteiger partial charge is 0.463 e. The van der Waals surface area contributed by atoms with Crippen molar-refractivity contribution < 1.29 is 39.5 Å². The number of rotatable bonds is 14. The van der Waals surface area contributed by atoms with Gasteiger partial charge in [-0.15, -0.1) is 0 Å². The van der Waals surface area contributed by atoms with E-state index in [1.165, 1.54) is 0 Å². The van der Waals surface area contributed by atoms with E-state index in [2.05, 4.69) is 53.1 Å². The molecule has 3 heterocycles. The van der Waals surface area contributed by atoms with Crippen LogP contribution >= 0.6 is 0 Å². The van der Waals surface area contributed by atoms with E-state index in [1.807, 2.05) is 7.05 Å².